The van der Waals surface area contributed by atoms with Gasteiger partial charge in [0, 0.05) is 21.8 Å². The Morgan fingerprint density at radius 2 is 1.69 bits per heavy atom. The average molecular weight is 211 g/mol. The van der Waals surface area contributed by atoms with Crippen molar-refractivity contribution >= 4 is 21.8 Å². The SMILES string of the molecule is CCc1ccc2[nH]c3ccc(O)cc3c2c1. The Bertz CT molecular complexity index is 667. The molecule has 1 heterocycles. The van der Waals surface area contributed by atoms with Crippen LogP contribution in [0.25, 0.3) is 21.8 Å². The van der Waals surface area contributed by atoms with E-state index in [-0.39, 0.29) is 0 Å². The molecule has 0 atom stereocenters. The van der Waals surface area contributed by atoms with Crippen LogP contribution < -0.4 is 0 Å². The number of benzene rings is 2. The Balaban J connectivity index is 2.44. The van der Waals surface area contributed by atoms with Gasteiger partial charge in [-0.05, 0) is 42.3 Å². The zero-order valence-corrected chi connectivity index (χ0v) is 9.12. The van der Waals surface area contributed by atoms with Crippen LogP contribution in [-0.4, -0.2) is 10.1 Å². The lowest BCUT2D eigenvalue weighted by Gasteiger charge is -1.97. The molecule has 0 aliphatic heterocycles. The first kappa shape index (κ1) is 9.28. The van der Waals surface area contributed by atoms with Gasteiger partial charge < -0.3 is 10.1 Å². The fraction of sp³-hybridized carbons (Fsp3) is 0.143. The van der Waals surface area contributed by atoms with Crippen molar-refractivity contribution in [1.29, 1.82) is 0 Å². The summed E-state index contributed by atoms with van der Waals surface area (Å²) in [6.07, 6.45) is 1.03. The Kier molecular flexibility index (Phi) is 1.90. The van der Waals surface area contributed by atoms with Gasteiger partial charge in [0.25, 0.3) is 0 Å². The smallest absolute Gasteiger partial charge is 0.116 e. The molecule has 3 rings (SSSR count). The first-order valence-corrected chi connectivity index (χ1v) is 5.51. The third-order valence-electron chi connectivity index (χ3n) is 3.05. The van der Waals surface area contributed by atoms with E-state index < -0.39 is 0 Å². The summed E-state index contributed by atoms with van der Waals surface area (Å²) in [4.78, 5) is 3.35. The number of hydrogen-bond acceptors (Lipinski definition) is 1. The monoisotopic (exact) mass is 211 g/mol. The highest BCUT2D eigenvalue weighted by Gasteiger charge is 2.05. The largest absolute Gasteiger partial charge is 0.508 e. The molecule has 0 aliphatic carbocycles. The molecule has 0 aliphatic rings. The lowest BCUT2D eigenvalue weighted by molar-refractivity contribution is 0.476. The highest BCUT2D eigenvalue weighted by atomic mass is 16.3. The van der Waals surface area contributed by atoms with Gasteiger partial charge in [-0.25, -0.2) is 0 Å². The minimum Gasteiger partial charge on any atom is -0.508 e. The van der Waals surface area contributed by atoms with E-state index in [0.717, 1.165) is 22.8 Å². The predicted molar refractivity (Wildman–Crippen MR) is 66.8 cm³/mol. The van der Waals surface area contributed by atoms with E-state index in [0.29, 0.717) is 5.75 Å². The van der Waals surface area contributed by atoms with Gasteiger partial charge in [-0.3, -0.25) is 0 Å². The number of aromatic hydroxyl groups is 1. The number of phenolic OH excluding ortho intramolecular Hbond substituents is 1. The van der Waals surface area contributed by atoms with Crippen LogP contribution in [0.4, 0.5) is 0 Å². The van der Waals surface area contributed by atoms with Gasteiger partial charge >= 0.3 is 0 Å². The second-order valence-electron chi connectivity index (χ2n) is 4.09. The number of fused-ring (bicyclic) bond motifs is 3. The third kappa shape index (κ3) is 1.27. The Hall–Kier alpha value is -1.96. The Morgan fingerprint density at radius 1 is 1.00 bits per heavy atom. The molecule has 2 heteroatoms. The number of hydrogen-bond donors (Lipinski definition) is 2. The van der Waals surface area contributed by atoms with Crippen molar-refractivity contribution < 1.29 is 5.11 Å². The summed E-state index contributed by atoms with van der Waals surface area (Å²) < 4.78 is 0. The van der Waals surface area contributed by atoms with Crippen LogP contribution in [0.5, 0.6) is 5.75 Å². The van der Waals surface area contributed by atoms with Crippen LogP contribution in [0, 0.1) is 0 Å². The maximum atomic E-state index is 9.52. The van der Waals surface area contributed by atoms with Gasteiger partial charge in [0.2, 0.25) is 0 Å². The summed E-state index contributed by atoms with van der Waals surface area (Å²) in [5.74, 6) is 0.315. The van der Waals surface area contributed by atoms with Gasteiger partial charge in [0.15, 0.2) is 0 Å². The molecule has 3 aromatic rings. The number of aryl methyl sites for hydroxylation is 1. The molecule has 0 fully saturated rings. The highest BCUT2D eigenvalue weighted by molar-refractivity contribution is 6.07. The van der Waals surface area contributed by atoms with Gasteiger partial charge in [0.1, 0.15) is 5.75 Å². The minimum absolute atomic E-state index is 0.315. The van der Waals surface area contributed by atoms with E-state index in [4.69, 9.17) is 0 Å². The van der Waals surface area contributed by atoms with Gasteiger partial charge in [-0.2, -0.15) is 0 Å². The zero-order valence-electron chi connectivity index (χ0n) is 9.12. The van der Waals surface area contributed by atoms with E-state index in [1.54, 1.807) is 6.07 Å². The molecule has 0 amide bonds. The molecular weight excluding hydrogens is 198 g/mol. The maximum absolute atomic E-state index is 9.52. The molecule has 16 heavy (non-hydrogen) atoms. The van der Waals surface area contributed by atoms with Crippen LogP contribution in [-0.2, 0) is 6.42 Å². The van der Waals surface area contributed by atoms with Crippen molar-refractivity contribution in [1.82, 2.24) is 4.98 Å². The highest BCUT2D eigenvalue weighted by Crippen LogP contribution is 2.28. The zero-order chi connectivity index (χ0) is 11.1. The molecule has 1 aromatic heterocycles. The van der Waals surface area contributed by atoms with Crippen molar-refractivity contribution in [2.45, 2.75) is 13.3 Å². The number of aromatic amines is 1. The summed E-state index contributed by atoms with van der Waals surface area (Å²) >= 11 is 0. The second kappa shape index (κ2) is 3.27. The quantitative estimate of drug-likeness (QED) is 0.634. The Morgan fingerprint density at radius 3 is 2.44 bits per heavy atom. The van der Waals surface area contributed by atoms with Crippen LogP contribution in [0.1, 0.15) is 12.5 Å². The fourth-order valence-corrected chi connectivity index (χ4v) is 2.15. The molecular formula is C14H13NO. The molecule has 2 nitrogen and oxygen atoms in total. The second-order valence-corrected chi connectivity index (χ2v) is 4.09. The lowest BCUT2D eigenvalue weighted by Crippen LogP contribution is -1.77. The molecule has 0 radical (unpaired) electrons. The van der Waals surface area contributed by atoms with E-state index in [2.05, 4.69) is 30.1 Å². The number of H-pyrrole nitrogens is 1. The van der Waals surface area contributed by atoms with Crippen molar-refractivity contribution in [3.05, 3.63) is 42.0 Å². The summed E-state index contributed by atoms with van der Waals surface area (Å²) in [6, 6.07) is 11.9. The molecule has 0 saturated heterocycles. The maximum Gasteiger partial charge on any atom is 0.116 e. The van der Waals surface area contributed by atoms with Crippen molar-refractivity contribution in [2.24, 2.45) is 0 Å². The molecule has 0 bridgehead atoms. The number of phenols is 1. The molecule has 80 valence electrons. The van der Waals surface area contributed by atoms with Crippen molar-refractivity contribution in [3.8, 4) is 5.75 Å². The summed E-state index contributed by atoms with van der Waals surface area (Å²) in [6.45, 7) is 2.15. The first-order chi connectivity index (χ1) is 7.78. The van der Waals surface area contributed by atoms with Gasteiger partial charge in [-0.1, -0.05) is 13.0 Å². The number of rotatable bonds is 1. The summed E-state index contributed by atoms with van der Waals surface area (Å²) in [5.41, 5.74) is 3.51. The van der Waals surface area contributed by atoms with Crippen LogP contribution in [0.15, 0.2) is 36.4 Å². The molecule has 0 saturated carbocycles. The lowest BCUT2D eigenvalue weighted by atomic mass is 10.1. The van der Waals surface area contributed by atoms with Crippen LogP contribution in [0.3, 0.4) is 0 Å². The molecule has 0 unspecified atom stereocenters. The molecule has 2 aromatic carbocycles. The van der Waals surface area contributed by atoms with E-state index in [1.165, 1.54) is 10.9 Å². The molecule has 0 spiro atoms. The fourth-order valence-electron chi connectivity index (χ4n) is 2.15. The summed E-state index contributed by atoms with van der Waals surface area (Å²) in [5, 5.41) is 11.8. The molecule has 2 N–H and O–H groups in total. The normalized spacial score (nSPS) is 11.3. The number of nitrogens with one attached hydrogen (secondary N) is 1. The topological polar surface area (TPSA) is 36.0 Å². The van der Waals surface area contributed by atoms with E-state index in [1.807, 2.05) is 12.1 Å². The van der Waals surface area contributed by atoms with Crippen molar-refractivity contribution in [2.75, 3.05) is 0 Å². The standard InChI is InChI=1S/C14H13NO/c1-2-9-3-5-13-11(7-9)12-8-10(16)4-6-14(12)15-13/h3-8,15-16H,2H2,1H3. The number of aromatic nitrogens is 1. The van der Waals surface area contributed by atoms with E-state index in [9.17, 15) is 5.11 Å². The van der Waals surface area contributed by atoms with Gasteiger partial charge in [0.05, 0.1) is 0 Å². The van der Waals surface area contributed by atoms with Crippen molar-refractivity contribution in [3.63, 3.8) is 0 Å². The summed E-state index contributed by atoms with van der Waals surface area (Å²) in [7, 11) is 0. The average Bonchev–Trinajstić information content (AvgIpc) is 2.66. The predicted octanol–water partition coefficient (Wildman–Crippen LogP) is 3.59. The van der Waals surface area contributed by atoms with Crippen LogP contribution in [0.2, 0.25) is 0 Å². The van der Waals surface area contributed by atoms with Crippen LogP contribution >= 0.6 is 0 Å². The third-order valence-corrected chi connectivity index (χ3v) is 3.05. The Labute approximate surface area is 93.5 Å². The first-order valence-electron chi connectivity index (χ1n) is 5.51. The minimum atomic E-state index is 0.315. The van der Waals surface area contributed by atoms with Gasteiger partial charge in [-0.15, -0.1) is 0 Å². The van der Waals surface area contributed by atoms with E-state index >= 15 is 0 Å².